The van der Waals surface area contributed by atoms with Crippen LogP contribution in [0.1, 0.15) is 11.4 Å². The molecule has 0 aliphatic carbocycles. The van der Waals surface area contributed by atoms with E-state index in [0.717, 1.165) is 5.56 Å². The Bertz CT molecular complexity index is 741. The summed E-state index contributed by atoms with van der Waals surface area (Å²) in [6.07, 6.45) is 3.69. The van der Waals surface area contributed by atoms with E-state index >= 15 is 0 Å². The van der Waals surface area contributed by atoms with Gasteiger partial charge in [0.2, 0.25) is 0 Å². The Morgan fingerprint density at radius 3 is 2.85 bits per heavy atom. The fourth-order valence-corrected chi connectivity index (χ4v) is 2.05. The maximum absolute atomic E-state index is 6.11. The second-order valence-electron chi connectivity index (χ2n) is 4.25. The molecule has 2 aromatic heterocycles. The van der Waals surface area contributed by atoms with Crippen LogP contribution in [0.25, 0.3) is 11.5 Å². The quantitative estimate of drug-likeness (QED) is 0.801. The molecule has 0 saturated carbocycles. The van der Waals surface area contributed by atoms with Gasteiger partial charge in [0, 0.05) is 17.6 Å². The molecule has 0 bridgehead atoms. The largest absolute Gasteiger partial charge is 0.397 e. The van der Waals surface area contributed by atoms with Crippen molar-refractivity contribution >= 4 is 17.3 Å². The molecule has 0 radical (unpaired) electrons. The molecule has 0 saturated heterocycles. The minimum Gasteiger partial charge on any atom is -0.397 e. The summed E-state index contributed by atoms with van der Waals surface area (Å²) in [5.74, 6) is 0.941. The summed E-state index contributed by atoms with van der Waals surface area (Å²) in [7, 11) is 0. The van der Waals surface area contributed by atoms with Gasteiger partial charge in [-0.1, -0.05) is 35.0 Å². The van der Waals surface area contributed by atoms with E-state index in [1.807, 2.05) is 24.3 Å². The van der Waals surface area contributed by atoms with Gasteiger partial charge in [0.15, 0.2) is 5.82 Å². The second-order valence-corrected chi connectivity index (χ2v) is 4.65. The van der Waals surface area contributed by atoms with Gasteiger partial charge in [0.05, 0.1) is 17.4 Å². The first-order valence-electron chi connectivity index (χ1n) is 6.00. The number of aromatic nitrogens is 3. The molecular weight excluding hydrogens is 276 g/mol. The zero-order valence-electron chi connectivity index (χ0n) is 10.5. The first kappa shape index (κ1) is 12.6. The molecule has 0 unspecified atom stereocenters. The molecule has 0 aliphatic heterocycles. The lowest BCUT2D eigenvalue weighted by atomic mass is 10.1. The number of pyridine rings is 1. The van der Waals surface area contributed by atoms with E-state index in [1.165, 1.54) is 0 Å². The first-order chi connectivity index (χ1) is 9.74. The molecular formula is C14H11ClN4O. The molecule has 3 rings (SSSR count). The van der Waals surface area contributed by atoms with Gasteiger partial charge in [-0.15, -0.1) is 0 Å². The highest BCUT2D eigenvalue weighted by Crippen LogP contribution is 2.24. The molecule has 2 heterocycles. The van der Waals surface area contributed by atoms with Crippen molar-refractivity contribution in [2.45, 2.75) is 6.42 Å². The van der Waals surface area contributed by atoms with Gasteiger partial charge in [-0.05, 0) is 17.7 Å². The zero-order valence-corrected chi connectivity index (χ0v) is 11.2. The Morgan fingerprint density at radius 2 is 2.05 bits per heavy atom. The van der Waals surface area contributed by atoms with Crippen LogP contribution in [-0.2, 0) is 6.42 Å². The number of halogens is 1. The zero-order chi connectivity index (χ0) is 13.9. The summed E-state index contributed by atoms with van der Waals surface area (Å²) in [6.45, 7) is 0. The van der Waals surface area contributed by atoms with Crippen LogP contribution >= 0.6 is 11.6 Å². The van der Waals surface area contributed by atoms with Crippen LogP contribution in [0.15, 0.2) is 47.2 Å². The Labute approximate surface area is 120 Å². The van der Waals surface area contributed by atoms with Crippen molar-refractivity contribution in [3.8, 4) is 11.5 Å². The predicted octanol–water partition coefficient (Wildman–Crippen LogP) is 2.96. The van der Waals surface area contributed by atoms with Gasteiger partial charge < -0.3 is 10.3 Å². The molecule has 20 heavy (non-hydrogen) atoms. The van der Waals surface area contributed by atoms with Gasteiger partial charge in [-0.2, -0.15) is 4.98 Å². The topological polar surface area (TPSA) is 77.8 Å². The van der Waals surface area contributed by atoms with Crippen LogP contribution in [0.2, 0.25) is 5.02 Å². The van der Waals surface area contributed by atoms with Crippen molar-refractivity contribution in [2.75, 3.05) is 5.73 Å². The summed E-state index contributed by atoms with van der Waals surface area (Å²) in [6, 6.07) is 9.30. The van der Waals surface area contributed by atoms with Gasteiger partial charge >= 0.3 is 0 Å². The smallest absolute Gasteiger partial charge is 0.260 e. The van der Waals surface area contributed by atoms with E-state index in [4.69, 9.17) is 21.9 Å². The number of hydrogen-bond donors (Lipinski definition) is 1. The molecule has 100 valence electrons. The normalized spacial score (nSPS) is 10.7. The lowest BCUT2D eigenvalue weighted by Gasteiger charge is -1.99. The fraction of sp³-hybridized carbons (Fsp3) is 0.0714. The summed E-state index contributed by atoms with van der Waals surface area (Å²) < 4.78 is 5.23. The number of nitrogens with two attached hydrogens (primary N) is 1. The van der Waals surface area contributed by atoms with Crippen molar-refractivity contribution in [1.82, 2.24) is 15.1 Å². The monoisotopic (exact) mass is 286 g/mol. The van der Waals surface area contributed by atoms with Crippen molar-refractivity contribution < 1.29 is 4.52 Å². The highest BCUT2D eigenvalue weighted by atomic mass is 35.5. The van der Waals surface area contributed by atoms with E-state index in [0.29, 0.717) is 34.4 Å². The third-order valence-electron chi connectivity index (χ3n) is 2.86. The standard InChI is InChI=1S/C14H11ClN4O/c15-11-4-2-1-3-9(11)7-13-18-14(20-19-13)10-5-6-17-8-12(10)16/h1-6,8H,7,16H2. The van der Waals surface area contributed by atoms with Crippen LogP contribution in [-0.4, -0.2) is 15.1 Å². The molecule has 3 aromatic rings. The van der Waals surface area contributed by atoms with E-state index < -0.39 is 0 Å². The number of benzene rings is 1. The fourth-order valence-electron chi connectivity index (χ4n) is 1.85. The van der Waals surface area contributed by atoms with E-state index in [1.54, 1.807) is 18.5 Å². The van der Waals surface area contributed by atoms with Crippen LogP contribution in [0.4, 0.5) is 5.69 Å². The molecule has 0 amide bonds. The maximum Gasteiger partial charge on any atom is 0.260 e. The molecule has 0 atom stereocenters. The minimum absolute atomic E-state index is 0.381. The molecule has 2 N–H and O–H groups in total. The van der Waals surface area contributed by atoms with Gasteiger partial charge in [0.25, 0.3) is 5.89 Å². The van der Waals surface area contributed by atoms with Crippen molar-refractivity contribution in [3.05, 3.63) is 59.1 Å². The average Bonchev–Trinajstić information content (AvgIpc) is 2.90. The van der Waals surface area contributed by atoms with Crippen molar-refractivity contribution in [3.63, 3.8) is 0 Å². The minimum atomic E-state index is 0.381. The summed E-state index contributed by atoms with van der Waals surface area (Å²) in [4.78, 5) is 8.26. The lowest BCUT2D eigenvalue weighted by molar-refractivity contribution is 0.424. The maximum atomic E-state index is 6.11. The van der Waals surface area contributed by atoms with Gasteiger partial charge in [0.1, 0.15) is 0 Å². The molecule has 0 fully saturated rings. The lowest BCUT2D eigenvalue weighted by Crippen LogP contribution is -1.93. The molecule has 6 heteroatoms. The van der Waals surface area contributed by atoms with Crippen LogP contribution in [0.3, 0.4) is 0 Å². The van der Waals surface area contributed by atoms with Gasteiger partial charge in [-0.3, -0.25) is 4.98 Å². The predicted molar refractivity (Wildman–Crippen MR) is 76.2 cm³/mol. The highest BCUT2D eigenvalue weighted by molar-refractivity contribution is 6.31. The van der Waals surface area contributed by atoms with Crippen LogP contribution in [0, 0.1) is 0 Å². The Hall–Kier alpha value is -2.40. The molecule has 0 aliphatic rings. The SMILES string of the molecule is Nc1cnccc1-c1nc(Cc2ccccc2Cl)no1. The average molecular weight is 287 g/mol. The second kappa shape index (κ2) is 5.30. The summed E-state index contributed by atoms with van der Waals surface area (Å²) in [5.41, 5.74) is 7.95. The first-order valence-corrected chi connectivity index (χ1v) is 6.37. The number of nitrogens with zero attached hydrogens (tertiary/aromatic N) is 3. The molecule has 0 spiro atoms. The summed E-state index contributed by atoms with van der Waals surface area (Å²) >= 11 is 6.11. The Balaban J connectivity index is 1.88. The number of hydrogen-bond acceptors (Lipinski definition) is 5. The van der Waals surface area contributed by atoms with Gasteiger partial charge in [-0.25, -0.2) is 0 Å². The van der Waals surface area contributed by atoms with Crippen LogP contribution < -0.4 is 5.73 Å². The molecule has 5 nitrogen and oxygen atoms in total. The molecule has 1 aromatic carbocycles. The Morgan fingerprint density at radius 1 is 1.20 bits per heavy atom. The highest BCUT2D eigenvalue weighted by Gasteiger charge is 2.12. The number of rotatable bonds is 3. The van der Waals surface area contributed by atoms with Crippen molar-refractivity contribution in [2.24, 2.45) is 0 Å². The van der Waals surface area contributed by atoms with Crippen LogP contribution in [0.5, 0.6) is 0 Å². The Kier molecular flexibility index (Phi) is 3.35. The van der Waals surface area contributed by atoms with E-state index in [9.17, 15) is 0 Å². The third-order valence-corrected chi connectivity index (χ3v) is 3.23. The van der Waals surface area contributed by atoms with Crippen molar-refractivity contribution in [1.29, 1.82) is 0 Å². The third kappa shape index (κ3) is 2.48. The number of anilines is 1. The summed E-state index contributed by atoms with van der Waals surface area (Å²) in [5, 5.41) is 4.63. The van der Waals surface area contributed by atoms with E-state index in [-0.39, 0.29) is 0 Å². The number of nitrogen functional groups attached to an aromatic ring is 1. The van der Waals surface area contributed by atoms with E-state index in [2.05, 4.69) is 15.1 Å².